The molecule has 0 amide bonds. The highest BCUT2D eigenvalue weighted by atomic mass is 16.5. The van der Waals surface area contributed by atoms with Gasteiger partial charge in [0.1, 0.15) is 0 Å². The average molecular weight is 281 g/mol. The summed E-state index contributed by atoms with van der Waals surface area (Å²) in [6.07, 6.45) is 1.44. The Morgan fingerprint density at radius 1 is 1.40 bits per heavy atom. The Morgan fingerprint density at radius 3 is 2.80 bits per heavy atom. The van der Waals surface area contributed by atoms with E-state index in [1.807, 2.05) is 6.92 Å². The quantitative estimate of drug-likeness (QED) is 0.788. The third-order valence-electron chi connectivity index (χ3n) is 3.77. The van der Waals surface area contributed by atoms with Gasteiger partial charge in [0.2, 0.25) is 0 Å². The summed E-state index contributed by atoms with van der Waals surface area (Å²) in [6, 6.07) is 1.88. The Morgan fingerprint density at radius 2 is 2.15 bits per heavy atom. The van der Waals surface area contributed by atoms with Crippen LogP contribution in [-0.2, 0) is 17.8 Å². The normalized spacial score (nSPS) is 20.5. The van der Waals surface area contributed by atoms with E-state index in [0.29, 0.717) is 25.7 Å². The molecule has 0 spiro atoms. The number of hydrogen-bond acceptors (Lipinski definition) is 4. The molecule has 20 heavy (non-hydrogen) atoms. The number of hydrogen-bond donors (Lipinski definition) is 0. The van der Waals surface area contributed by atoms with Gasteiger partial charge in [-0.3, -0.25) is 14.3 Å². The van der Waals surface area contributed by atoms with Crippen LogP contribution in [0, 0.1) is 0 Å². The Balaban J connectivity index is 2.18. The number of aromatic nitrogens is 2. The van der Waals surface area contributed by atoms with E-state index >= 15 is 0 Å². The summed E-state index contributed by atoms with van der Waals surface area (Å²) in [7, 11) is 0. The lowest BCUT2D eigenvalue weighted by Crippen LogP contribution is -2.50. The molecule has 1 aliphatic rings. The summed E-state index contributed by atoms with van der Waals surface area (Å²) in [5, 5.41) is 0. The molecule has 1 aromatic heterocycles. The lowest BCUT2D eigenvalue weighted by atomic mass is 10.2. The van der Waals surface area contributed by atoms with E-state index in [2.05, 4.69) is 18.7 Å². The minimum Gasteiger partial charge on any atom is -0.374 e. The van der Waals surface area contributed by atoms with E-state index in [9.17, 15) is 9.59 Å². The maximum atomic E-state index is 12.2. The lowest BCUT2D eigenvalue weighted by molar-refractivity contribution is -0.0466. The first kappa shape index (κ1) is 15.0. The summed E-state index contributed by atoms with van der Waals surface area (Å²) in [6.45, 7) is 9.34. The summed E-state index contributed by atoms with van der Waals surface area (Å²) >= 11 is 0. The fourth-order valence-corrected chi connectivity index (χ4v) is 2.49. The summed E-state index contributed by atoms with van der Waals surface area (Å²) in [5.74, 6) is 0. The van der Waals surface area contributed by atoms with Gasteiger partial charge in [-0.2, -0.15) is 0 Å². The highest BCUT2D eigenvalue weighted by molar-refractivity contribution is 4.87. The molecule has 2 rings (SSSR count). The molecule has 1 fully saturated rings. The molecular formula is C14H23N3O3. The molecule has 0 aromatic carbocycles. The molecule has 1 aromatic rings. The number of ether oxygens (including phenoxy) is 1. The van der Waals surface area contributed by atoms with E-state index in [1.54, 1.807) is 6.20 Å². The van der Waals surface area contributed by atoms with Crippen LogP contribution in [0.2, 0.25) is 0 Å². The molecule has 1 aliphatic heterocycles. The number of rotatable bonds is 4. The zero-order chi connectivity index (χ0) is 14.7. The molecule has 1 saturated heterocycles. The Labute approximate surface area is 118 Å². The van der Waals surface area contributed by atoms with Crippen molar-refractivity contribution in [3.63, 3.8) is 0 Å². The van der Waals surface area contributed by atoms with Gasteiger partial charge in [-0.1, -0.05) is 0 Å². The van der Waals surface area contributed by atoms with Gasteiger partial charge in [-0.05, 0) is 20.8 Å². The van der Waals surface area contributed by atoms with E-state index in [0.717, 1.165) is 13.1 Å². The molecule has 1 unspecified atom stereocenters. The molecule has 1 atom stereocenters. The van der Waals surface area contributed by atoms with Crippen molar-refractivity contribution in [3.05, 3.63) is 33.1 Å². The zero-order valence-corrected chi connectivity index (χ0v) is 12.4. The van der Waals surface area contributed by atoms with Gasteiger partial charge in [0.15, 0.2) is 0 Å². The van der Waals surface area contributed by atoms with Crippen molar-refractivity contribution < 1.29 is 4.74 Å². The summed E-state index contributed by atoms with van der Waals surface area (Å²) in [5.41, 5.74) is -0.518. The topological polar surface area (TPSA) is 56.5 Å². The third kappa shape index (κ3) is 3.19. The Kier molecular flexibility index (Phi) is 4.77. The first-order valence-corrected chi connectivity index (χ1v) is 7.19. The number of nitrogens with zero attached hydrogens (tertiary/aromatic N) is 3. The van der Waals surface area contributed by atoms with E-state index < -0.39 is 0 Å². The van der Waals surface area contributed by atoms with Crippen molar-refractivity contribution >= 4 is 0 Å². The smallest absolute Gasteiger partial charge is 0.331 e. The van der Waals surface area contributed by atoms with Crippen LogP contribution in [0.25, 0.3) is 0 Å². The average Bonchev–Trinajstić information content (AvgIpc) is 2.44. The standard InChI is InChI=1S/C14H23N3O3/c1-4-15-6-5-13(18)17(14(15)19)10-12-9-16(11(2)3)7-8-20-12/h5-6,11-12H,4,7-10H2,1-3H3. The largest absolute Gasteiger partial charge is 0.374 e. The van der Waals surface area contributed by atoms with Crippen LogP contribution in [0.1, 0.15) is 20.8 Å². The van der Waals surface area contributed by atoms with Gasteiger partial charge in [-0.15, -0.1) is 0 Å². The fraction of sp³-hybridized carbons (Fsp3) is 0.714. The SMILES string of the molecule is CCn1ccc(=O)n(CC2CN(C(C)C)CCO2)c1=O. The summed E-state index contributed by atoms with van der Waals surface area (Å²) in [4.78, 5) is 26.4. The first-order valence-electron chi connectivity index (χ1n) is 7.19. The second-order valence-corrected chi connectivity index (χ2v) is 5.41. The van der Waals surface area contributed by atoms with E-state index in [4.69, 9.17) is 4.74 Å². The van der Waals surface area contributed by atoms with Gasteiger partial charge in [0.25, 0.3) is 5.56 Å². The Bertz CT molecular complexity index is 562. The maximum absolute atomic E-state index is 12.2. The zero-order valence-electron chi connectivity index (χ0n) is 12.4. The second-order valence-electron chi connectivity index (χ2n) is 5.41. The van der Waals surface area contributed by atoms with Crippen LogP contribution < -0.4 is 11.2 Å². The molecule has 2 heterocycles. The monoisotopic (exact) mass is 281 g/mol. The molecule has 6 heteroatoms. The van der Waals surface area contributed by atoms with Crippen LogP contribution in [0.3, 0.4) is 0 Å². The molecule has 0 radical (unpaired) electrons. The highest BCUT2D eigenvalue weighted by Gasteiger charge is 2.23. The van der Waals surface area contributed by atoms with Crippen LogP contribution >= 0.6 is 0 Å². The minimum absolute atomic E-state index is 0.107. The second kappa shape index (κ2) is 6.37. The molecule has 0 N–H and O–H groups in total. The van der Waals surface area contributed by atoms with Crippen LogP contribution in [0.15, 0.2) is 21.9 Å². The predicted octanol–water partition coefficient (Wildman–Crippen LogP) is 0.139. The Hall–Kier alpha value is -1.40. The highest BCUT2D eigenvalue weighted by Crippen LogP contribution is 2.09. The molecular weight excluding hydrogens is 258 g/mol. The summed E-state index contributed by atoms with van der Waals surface area (Å²) < 4.78 is 8.50. The molecule has 0 aliphatic carbocycles. The van der Waals surface area contributed by atoms with Crippen molar-refractivity contribution in [2.24, 2.45) is 0 Å². The van der Waals surface area contributed by atoms with Crippen LogP contribution in [-0.4, -0.2) is 45.9 Å². The predicted molar refractivity (Wildman–Crippen MR) is 77.1 cm³/mol. The van der Waals surface area contributed by atoms with Gasteiger partial charge >= 0.3 is 5.69 Å². The third-order valence-corrected chi connectivity index (χ3v) is 3.77. The molecule has 112 valence electrons. The van der Waals surface area contributed by atoms with Crippen molar-refractivity contribution in [1.82, 2.24) is 14.0 Å². The number of morpholine rings is 1. The molecule has 0 saturated carbocycles. The first-order chi connectivity index (χ1) is 9.52. The van der Waals surface area contributed by atoms with Crippen molar-refractivity contribution in [3.8, 4) is 0 Å². The van der Waals surface area contributed by atoms with Gasteiger partial charge in [0, 0.05) is 37.9 Å². The van der Waals surface area contributed by atoms with Crippen molar-refractivity contribution in [2.75, 3.05) is 19.7 Å². The van der Waals surface area contributed by atoms with E-state index in [1.165, 1.54) is 15.2 Å². The van der Waals surface area contributed by atoms with Gasteiger partial charge < -0.3 is 9.30 Å². The van der Waals surface area contributed by atoms with Crippen molar-refractivity contribution in [1.29, 1.82) is 0 Å². The van der Waals surface area contributed by atoms with Crippen LogP contribution in [0.5, 0.6) is 0 Å². The molecule has 0 bridgehead atoms. The van der Waals surface area contributed by atoms with Gasteiger partial charge in [-0.25, -0.2) is 4.79 Å². The van der Waals surface area contributed by atoms with E-state index in [-0.39, 0.29) is 17.4 Å². The number of aryl methyl sites for hydroxylation is 1. The van der Waals surface area contributed by atoms with Crippen LogP contribution in [0.4, 0.5) is 0 Å². The fourth-order valence-electron chi connectivity index (χ4n) is 2.49. The van der Waals surface area contributed by atoms with Crippen molar-refractivity contribution in [2.45, 2.75) is 46.0 Å². The molecule has 6 nitrogen and oxygen atoms in total. The lowest BCUT2D eigenvalue weighted by Gasteiger charge is -2.35. The minimum atomic E-state index is -0.259. The maximum Gasteiger partial charge on any atom is 0.331 e. The van der Waals surface area contributed by atoms with Gasteiger partial charge in [0.05, 0.1) is 19.3 Å².